The van der Waals surface area contributed by atoms with Crippen LogP contribution in [0.25, 0.3) is 0 Å². The predicted molar refractivity (Wildman–Crippen MR) is 112 cm³/mol. The van der Waals surface area contributed by atoms with Crippen LogP contribution in [0, 0.1) is 11.6 Å². The van der Waals surface area contributed by atoms with E-state index in [0.717, 1.165) is 11.8 Å². The van der Waals surface area contributed by atoms with Crippen LogP contribution in [0.5, 0.6) is 0 Å². The zero-order chi connectivity index (χ0) is 21.7. The van der Waals surface area contributed by atoms with Crippen LogP contribution in [0.1, 0.15) is 17.7 Å². The number of nitrogens with zero attached hydrogens (tertiary/aromatic N) is 1. The number of halogens is 2. The molecule has 0 aromatic heterocycles. The van der Waals surface area contributed by atoms with Gasteiger partial charge < -0.3 is 10.1 Å². The van der Waals surface area contributed by atoms with Crippen molar-refractivity contribution in [1.82, 2.24) is 4.31 Å². The molecular formula is C20H22F2N2O4S2. The van der Waals surface area contributed by atoms with Crippen molar-refractivity contribution in [3.05, 3.63) is 59.7 Å². The van der Waals surface area contributed by atoms with Gasteiger partial charge in [0.2, 0.25) is 15.9 Å². The smallest absolute Gasteiger partial charge is 0.243 e. The van der Waals surface area contributed by atoms with Crippen LogP contribution in [-0.2, 0) is 19.6 Å². The molecule has 1 fully saturated rings. The third-order valence-corrected chi connectivity index (χ3v) is 7.69. The zero-order valence-corrected chi connectivity index (χ0v) is 17.9. The van der Waals surface area contributed by atoms with Gasteiger partial charge in [-0.3, -0.25) is 4.79 Å². The molecule has 0 saturated carbocycles. The van der Waals surface area contributed by atoms with Crippen molar-refractivity contribution in [3.8, 4) is 0 Å². The first-order valence-corrected chi connectivity index (χ1v) is 11.8. The summed E-state index contributed by atoms with van der Waals surface area (Å²) in [5.74, 6) is -1.66. The second-order valence-electron chi connectivity index (χ2n) is 6.68. The van der Waals surface area contributed by atoms with Gasteiger partial charge in [0.1, 0.15) is 11.6 Å². The lowest BCUT2D eigenvalue weighted by Crippen LogP contribution is -2.40. The molecule has 1 aliphatic rings. The Bertz CT molecular complexity index is 974. The van der Waals surface area contributed by atoms with Crippen LogP contribution in [0.3, 0.4) is 0 Å². The molecule has 1 aliphatic heterocycles. The molecule has 2 aromatic rings. The van der Waals surface area contributed by atoms with Gasteiger partial charge in [-0.1, -0.05) is 6.07 Å². The fraction of sp³-hybridized carbons (Fsp3) is 0.350. The van der Waals surface area contributed by atoms with Crippen LogP contribution in [0.4, 0.5) is 14.5 Å². The number of rotatable bonds is 7. The standard InChI is InChI=1S/C20H22F2N2O4S2/c1-14(20-17(21)3-2-4-18(20)22)29-13-19(25)23-15-5-7-16(8-6-15)30(26,27)24-9-11-28-12-10-24/h2-8,14H,9-13H2,1H3,(H,23,25). The first-order chi connectivity index (χ1) is 14.3. The normalized spacial score (nSPS) is 16.2. The van der Waals surface area contributed by atoms with Crippen molar-refractivity contribution in [2.24, 2.45) is 0 Å². The van der Waals surface area contributed by atoms with E-state index in [9.17, 15) is 22.0 Å². The number of morpholine rings is 1. The third-order valence-electron chi connectivity index (χ3n) is 4.62. The van der Waals surface area contributed by atoms with Crippen LogP contribution >= 0.6 is 11.8 Å². The van der Waals surface area contributed by atoms with Crippen molar-refractivity contribution in [2.75, 3.05) is 37.4 Å². The lowest BCUT2D eigenvalue weighted by atomic mass is 10.1. The van der Waals surface area contributed by atoms with E-state index in [1.165, 1.54) is 46.8 Å². The molecule has 10 heteroatoms. The maximum absolute atomic E-state index is 13.8. The number of ether oxygens (including phenoxy) is 1. The van der Waals surface area contributed by atoms with E-state index in [-0.39, 0.29) is 22.1 Å². The molecule has 0 bridgehead atoms. The van der Waals surface area contributed by atoms with Crippen molar-refractivity contribution < 1.29 is 26.7 Å². The van der Waals surface area contributed by atoms with Gasteiger partial charge in [-0.05, 0) is 43.3 Å². The third kappa shape index (κ3) is 5.37. The summed E-state index contributed by atoms with van der Waals surface area (Å²) in [5.41, 5.74) is 0.374. The number of thioether (sulfide) groups is 1. The van der Waals surface area contributed by atoms with Crippen LogP contribution < -0.4 is 5.32 Å². The summed E-state index contributed by atoms with van der Waals surface area (Å²) < 4.78 is 59.4. The molecule has 1 heterocycles. The van der Waals surface area contributed by atoms with Gasteiger partial charge >= 0.3 is 0 Å². The Morgan fingerprint density at radius 1 is 1.13 bits per heavy atom. The molecular weight excluding hydrogens is 434 g/mol. The highest BCUT2D eigenvalue weighted by Crippen LogP contribution is 2.32. The van der Waals surface area contributed by atoms with E-state index < -0.39 is 26.9 Å². The minimum absolute atomic E-state index is 0.0111. The minimum atomic E-state index is -3.60. The quantitative estimate of drug-likeness (QED) is 0.691. The Labute approximate surface area is 178 Å². The molecule has 1 N–H and O–H groups in total. The maximum atomic E-state index is 13.8. The van der Waals surface area contributed by atoms with Gasteiger partial charge in [0.15, 0.2) is 0 Å². The topological polar surface area (TPSA) is 75.7 Å². The van der Waals surface area contributed by atoms with Crippen molar-refractivity contribution in [2.45, 2.75) is 17.1 Å². The molecule has 6 nitrogen and oxygen atoms in total. The zero-order valence-electron chi connectivity index (χ0n) is 16.3. The number of hydrogen-bond donors (Lipinski definition) is 1. The van der Waals surface area contributed by atoms with Crippen LogP contribution in [0.15, 0.2) is 47.4 Å². The number of sulfonamides is 1. The number of amides is 1. The molecule has 1 saturated heterocycles. The molecule has 162 valence electrons. The molecule has 1 amide bonds. The Morgan fingerprint density at radius 3 is 2.33 bits per heavy atom. The van der Waals surface area contributed by atoms with Crippen LogP contribution in [-0.4, -0.2) is 50.7 Å². The molecule has 2 aromatic carbocycles. The van der Waals surface area contributed by atoms with E-state index in [1.54, 1.807) is 6.92 Å². The van der Waals surface area contributed by atoms with E-state index >= 15 is 0 Å². The Morgan fingerprint density at radius 2 is 1.73 bits per heavy atom. The fourth-order valence-corrected chi connectivity index (χ4v) is 5.30. The van der Waals surface area contributed by atoms with Crippen molar-refractivity contribution in [1.29, 1.82) is 0 Å². The average Bonchev–Trinajstić information content (AvgIpc) is 2.73. The summed E-state index contributed by atoms with van der Waals surface area (Å²) in [6.45, 7) is 2.96. The highest BCUT2D eigenvalue weighted by molar-refractivity contribution is 8.00. The Hall–Kier alpha value is -2.01. The monoisotopic (exact) mass is 456 g/mol. The summed E-state index contributed by atoms with van der Waals surface area (Å²) >= 11 is 1.10. The maximum Gasteiger partial charge on any atom is 0.243 e. The summed E-state index contributed by atoms with van der Waals surface area (Å²) in [5, 5.41) is 2.12. The first-order valence-electron chi connectivity index (χ1n) is 9.32. The summed E-state index contributed by atoms with van der Waals surface area (Å²) in [6, 6.07) is 9.55. The minimum Gasteiger partial charge on any atom is -0.379 e. The molecule has 0 spiro atoms. The van der Waals surface area contributed by atoms with Gasteiger partial charge in [-0.15, -0.1) is 11.8 Å². The lowest BCUT2D eigenvalue weighted by Gasteiger charge is -2.26. The van der Waals surface area contributed by atoms with Crippen molar-refractivity contribution in [3.63, 3.8) is 0 Å². The Balaban J connectivity index is 1.57. The number of nitrogens with one attached hydrogen (secondary N) is 1. The number of carbonyl (C=O) groups excluding carboxylic acids is 1. The highest BCUT2D eigenvalue weighted by atomic mass is 32.2. The lowest BCUT2D eigenvalue weighted by molar-refractivity contribution is -0.113. The average molecular weight is 457 g/mol. The summed E-state index contributed by atoms with van der Waals surface area (Å²) in [6.07, 6.45) is 0. The SMILES string of the molecule is CC(SCC(=O)Nc1ccc(S(=O)(=O)N2CCOCC2)cc1)c1c(F)cccc1F. The number of benzene rings is 2. The van der Waals surface area contributed by atoms with E-state index in [4.69, 9.17) is 4.74 Å². The molecule has 1 atom stereocenters. The van der Waals surface area contributed by atoms with E-state index in [0.29, 0.717) is 32.0 Å². The number of hydrogen-bond acceptors (Lipinski definition) is 5. The molecule has 0 aliphatic carbocycles. The predicted octanol–water partition coefficient (Wildman–Crippen LogP) is 3.42. The van der Waals surface area contributed by atoms with E-state index in [1.807, 2.05) is 0 Å². The number of anilines is 1. The van der Waals surface area contributed by atoms with Gasteiger partial charge in [0.05, 0.1) is 23.9 Å². The summed E-state index contributed by atoms with van der Waals surface area (Å²) in [4.78, 5) is 12.3. The molecule has 30 heavy (non-hydrogen) atoms. The van der Waals surface area contributed by atoms with E-state index in [2.05, 4.69) is 5.32 Å². The van der Waals surface area contributed by atoms with Gasteiger partial charge in [-0.25, -0.2) is 17.2 Å². The van der Waals surface area contributed by atoms with Crippen molar-refractivity contribution >= 4 is 33.4 Å². The highest BCUT2D eigenvalue weighted by Gasteiger charge is 2.26. The molecule has 3 rings (SSSR count). The second-order valence-corrected chi connectivity index (χ2v) is 9.94. The second kappa shape index (κ2) is 9.86. The number of carbonyl (C=O) groups is 1. The van der Waals surface area contributed by atoms with Gasteiger partial charge in [0, 0.05) is 29.6 Å². The van der Waals surface area contributed by atoms with Gasteiger partial charge in [-0.2, -0.15) is 4.31 Å². The molecule has 1 unspecified atom stereocenters. The summed E-state index contributed by atoms with van der Waals surface area (Å²) in [7, 11) is -3.60. The largest absolute Gasteiger partial charge is 0.379 e. The first kappa shape index (κ1) is 22.7. The molecule has 0 radical (unpaired) electrons. The van der Waals surface area contributed by atoms with Gasteiger partial charge in [0.25, 0.3) is 0 Å². The van der Waals surface area contributed by atoms with Crippen LogP contribution in [0.2, 0.25) is 0 Å². The Kier molecular flexibility index (Phi) is 7.45. The fourth-order valence-electron chi connectivity index (χ4n) is 3.03.